The molecule has 0 aliphatic carbocycles. The number of nitrogens with zero attached hydrogens (tertiary/aromatic N) is 3. The van der Waals surface area contributed by atoms with E-state index in [0.29, 0.717) is 49.4 Å². The minimum atomic E-state index is -0.850. The van der Waals surface area contributed by atoms with Crippen molar-refractivity contribution in [3.8, 4) is 17.2 Å². The molecule has 46 heavy (non-hydrogen) atoms. The summed E-state index contributed by atoms with van der Waals surface area (Å²) in [5, 5.41) is 1.69. The Bertz CT molecular complexity index is 2150. The van der Waals surface area contributed by atoms with Crippen LogP contribution in [0.5, 0.6) is 17.2 Å². The molecule has 9 nitrogen and oxygen atoms in total. The average Bonchev–Trinajstić information content (AvgIpc) is 3.56. The van der Waals surface area contributed by atoms with Crippen LogP contribution in [0.2, 0.25) is 5.02 Å². The Hall–Kier alpha value is -4.80. The van der Waals surface area contributed by atoms with Crippen molar-refractivity contribution in [2.24, 2.45) is 4.99 Å². The van der Waals surface area contributed by atoms with Crippen molar-refractivity contribution < 1.29 is 23.7 Å². The Balaban J connectivity index is 1.54. The van der Waals surface area contributed by atoms with Gasteiger partial charge in [-0.25, -0.2) is 9.79 Å². The van der Waals surface area contributed by atoms with E-state index in [4.69, 9.17) is 35.5 Å². The molecule has 0 saturated carbocycles. The number of hydrogen-bond donors (Lipinski definition) is 0. The van der Waals surface area contributed by atoms with E-state index < -0.39 is 12.0 Å². The highest BCUT2D eigenvalue weighted by Crippen LogP contribution is 2.42. The fourth-order valence-corrected chi connectivity index (χ4v) is 6.98. The second-order valence-electron chi connectivity index (χ2n) is 10.6. The van der Waals surface area contributed by atoms with E-state index in [-0.39, 0.29) is 17.7 Å². The average molecular weight is 658 g/mol. The molecule has 0 saturated heterocycles. The van der Waals surface area contributed by atoms with E-state index >= 15 is 0 Å². The summed E-state index contributed by atoms with van der Waals surface area (Å²) in [4.78, 5) is 32.9. The Morgan fingerprint density at radius 1 is 1.02 bits per heavy atom. The molecule has 0 amide bonds. The number of carbonyl (C=O) groups excluding carboxylic acids is 1. The van der Waals surface area contributed by atoms with Crippen molar-refractivity contribution in [3.05, 3.63) is 120 Å². The molecular weight excluding hydrogens is 626 g/mol. The molecule has 1 atom stereocenters. The van der Waals surface area contributed by atoms with Gasteiger partial charge in [-0.1, -0.05) is 53.3 Å². The molecule has 0 spiro atoms. The van der Waals surface area contributed by atoms with Gasteiger partial charge in [0.25, 0.3) is 5.56 Å². The maximum Gasteiger partial charge on any atom is 0.338 e. The molecule has 0 N–H and O–H groups in total. The largest absolute Gasteiger partial charge is 0.493 e. The highest BCUT2D eigenvalue weighted by Gasteiger charge is 2.34. The lowest BCUT2D eigenvalue weighted by molar-refractivity contribution is -0.139. The number of halogens is 1. The number of hydrogen-bond acceptors (Lipinski definition) is 8. The minimum Gasteiger partial charge on any atom is -0.493 e. The zero-order valence-electron chi connectivity index (χ0n) is 26.0. The van der Waals surface area contributed by atoms with Gasteiger partial charge >= 0.3 is 5.97 Å². The van der Waals surface area contributed by atoms with Crippen molar-refractivity contribution in [1.82, 2.24) is 9.13 Å². The number of aromatic nitrogens is 2. The number of ether oxygens (including phenoxy) is 4. The Labute approximate surface area is 274 Å². The van der Waals surface area contributed by atoms with E-state index in [9.17, 15) is 9.59 Å². The van der Waals surface area contributed by atoms with E-state index in [2.05, 4.69) is 10.6 Å². The van der Waals surface area contributed by atoms with Gasteiger partial charge in [-0.15, -0.1) is 0 Å². The first-order valence-electron chi connectivity index (χ1n) is 14.6. The fraction of sp³-hybridized carbons (Fsp3) is 0.229. The highest BCUT2D eigenvalue weighted by atomic mass is 35.5. The number of allylic oxidation sites excluding steroid dienone is 1. The van der Waals surface area contributed by atoms with Crippen LogP contribution in [0, 0.1) is 0 Å². The predicted molar refractivity (Wildman–Crippen MR) is 179 cm³/mol. The first kappa shape index (κ1) is 31.2. The first-order valence-corrected chi connectivity index (χ1v) is 15.8. The summed E-state index contributed by atoms with van der Waals surface area (Å²) >= 11 is 7.38. The highest BCUT2D eigenvalue weighted by molar-refractivity contribution is 7.07. The normalized spacial score (nSPS) is 14.7. The molecule has 11 heteroatoms. The standard InChI is InChI=1S/C35H32ClN3O6S/c1-6-45-34(41)30-20(2)37-35-39(31(30)22-15-27(42-3)32(44-5)28(16-22)43-4)33(40)29(46-35)17-23-19-38(26-10-8-7-9-25(23)26)18-21-11-13-24(36)14-12-21/h7-17,19,31H,6,18H2,1-5H3/b29-17-/t31-/m0/s1. The summed E-state index contributed by atoms with van der Waals surface area (Å²) < 4.78 is 26.4. The fourth-order valence-electron chi connectivity index (χ4n) is 5.81. The minimum absolute atomic E-state index is 0.169. The van der Waals surface area contributed by atoms with Crippen molar-refractivity contribution in [2.45, 2.75) is 26.4 Å². The smallest absolute Gasteiger partial charge is 0.338 e. The molecule has 3 aromatic carbocycles. The van der Waals surface area contributed by atoms with Crippen LogP contribution in [0.15, 0.2) is 87.9 Å². The second kappa shape index (κ2) is 12.9. The van der Waals surface area contributed by atoms with Crippen LogP contribution in [-0.2, 0) is 16.1 Å². The quantitative estimate of drug-likeness (QED) is 0.195. The van der Waals surface area contributed by atoms with Gasteiger partial charge in [0.2, 0.25) is 5.75 Å². The Morgan fingerprint density at radius 3 is 2.37 bits per heavy atom. The number of carbonyl (C=O) groups is 1. The number of thiazole rings is 1. The lowest BCUT2D eigenvalue weighted by atomic mass is 9.95. The number of methoxy groups -OCH3 is 3. The third-order valence-electron chi connectivity index (χ3n) is 7.89. The second-order valence-corrected chi connectivity index (χ2v) is 12.1. The molecule has 1 aliphatic heterocycles. The molecule has 1 aliphatic rings. The predicted octanol–water partition coefficient (Wildman–Crippen LogP) is 5.48. The molecule has 0 radical (unpaired) electrons. The van der Waals surface area contributed by atoms with Crippen LogP contribution in [-0.4, -0.2) is 43.0 Å². The van der Waals surface area contributed by atoms with Gasteiger partial charge < -0.3 is 23.5 Å². The molecule has 0 unspecified atom stereocenters. The topological polar surface area (TPSA) is 93.3 Å². The van der Waals surface area contributed by atoms with Gasteiger partial charge in [-0.3, -0.25) is 9.36 Å². The lowest BCUT2D eigenvalue weighted by Crippen LogP contribution is -2.40. The summed E-state index contributed by atoms with van der Waals surface area (Å²) in [6.45, 7) is 4.29. The van der Waals surface area contributed by atoms with E-state index in [0.717, 1.165) is 22.0 Å². The monoisotopic (exact) mass is 657 g/mol. The Kier molecular flexibility index (Phi) is 8.75. The van der Waals surface area contributed by atoms with Crippen molar-refractivity contribution in [1.29, 1.82) is 0 Å². The van der Waals surface area contributed by atoms with Gasteiger partial charge in [-0.05, 0) is 61.4 Å². The molecule has 3 heterocycles. The molecule has 0 bridgehead atoms. The van der Waals surface area contributed by atoms with Crippen molar-refractivity contribution >= 4 is 45.9 Å². The van der Waals surface area contributed by atoms with Crippen molar-refractivity contribution in [3.63, 3.8) is 0 Å². The summed E-state index contributed by atoms with van der Waals surface area (Å²) in [6, 6.07) is 18.5. The van der Waals surface area contributed by atoms with Crippen molar-refractivity contribution in [2.75, 3.05) is 27.9 Å². The third-order valence-corrected chi connectivity index (χ3v) is 9.13. The van der Waals surface area contributed by atoms with Gasteiger partial charge in [-0.2, -0.15) is 0 Å². The van der Waals surface area contributed by atoms with Crippen LogP contribution < -0.4 is 29.1 Å². The molecule has 6 rings (SSSR count). The van der Waals surface area contributed by atoms with E-state index in [1.54, 1.807) is 30.5 Å². The Morgan fingerprint density at radius 2 is 1.72 bits per heavy atom. The van der Waals surface area contributed by atoms with Gasteiger partial charge in [0.05, 0.1) is 49.8 Å². The SMILES string of the molecule is CCOC(=O)C1=C(C)N=c2s/c(=C\c3cn(Cc4ccc(Cl)cc4)c4ccccc34)c(=O)n2[C@H]1c1cc(OC)c(OC)c(OC)c1. The van der Waals surface area contributed by atoms with Gasteiger partial charge in [0.1, 0.15) is 0 Å². The zero-order valence-corrected chi connectivity index (χ0v) is 27.6. The number of para-hydroxylation sites is 1. The van der Waals surface area contributed by atoms with E-state index in [1.807, 2.05) is 54.7 Å². The summed E-state index contributed by atoms with van der Waals surface area (Å²) in [6.07, 6.45) is 3.93. The molecule has 5 aromatic rings. The van der Waals surface area contributed by atoms with Gasteiger partial charge in [0.15, 0.2) is 16.3 Å². The number of esters is 1. The van der Waals surface area contributed by atoms with Crippen LogP contribution in [0.3, 0.4) is 0 Å². The summed E-state index contributed by atoms with van der Waals surface area (Å²) in [5.74, 6) is 0.632. The van der Waals surface area contributed by atoms with Crippen LogP contribution in [0.25, 0.3) is 17.0 Å². The summed E-state index contributed by atoms with van der Waals surface area (Å²) in [7, 11) is 4.55. The van der Waals surface area contributed by atoms with E-state index in [1.165, 1.54) is 32.7 Å². The molecule has 2 aromatic heterocycles. The number of rotatable bonds is 9. The maximum absolute atomic E-state index is 14.3. The molecular formula is C35H32ClN3O6S. The van der Waals surface area contributed by atoms with Gasteiger partial charge in [0, 0.05) is 34.2 Å². The lowest BCUT2D eigenvalue weighted by Gasteiger charge is -2.26. The van der Waals surface area contributed by atoms with Crippen LogP contribution in [0.1, 0.15) is 36.6 Å². The maximum atomic E-state index is 14.3. The molecule has 236 valence electrons. The van der Waals surface area contributed by atoms with Crippen LogP contribution in [0.4, 0.5) is 0 Å². The third kappa shape index (κ3) is 5.59. The first-order chi connectivity index (χ1) is 22.3. The number of benzene rings is 3. The zero-order chi connectivity index (χ0) is 32.5. The number of fused-ring (bicyclic) bond motifs is 2. The van der Waals surface area contributed by atoms with Crippen LogP contribution >= 0.6 is 22.9 Å². The summed E-state index contributed by atoms with van der Waals surface area (Å²) in [5.41, 5.74) is 4.04. The molecule has 0 fully saturated rings.